The first-order valence-corrected chi connectivity index (χ1v) is 3.75. The Kier molecular flexibility index (Phi) is 2.06. The highest BCUT2D eigenvalue weighted by atomic mass is 32.1. The topological polar surface area (TPSA) is 47.6 Å². The van der Waals surface area contributed by atoms with Crippen molar-refractivity contribution in [2.24, 2.45) is 0 Å². The Morgan fingerprint density at radius 3 is 2.64 bits per heavy atom. The molecule has 1 aromatic heterocycles. The zero-order chi connectivity index (χ0) is 8.27. The van der Waals surface area contributed by atoms with Gasteiger partial charge in [-0.05, 0) is 0 Å². The number of rotatable bonds is 1. The highest BCUT2D eigenvalue weighted by Crippen LogP contribution is 2.21. The summed E-state index contributed by atoms with van der Waals surface area (Å²) < 4.78 is 0. The van der Waals surface area contributed by atoms with Crippen molar-refractivity contribution in [2.75, 3.05) is 0 Å². The summed E-state index contributed by atoms with van der Waals surface area (Å²) in [5, 5.41) is 18.8. The summed E-state index contributed by atoms with van der Waals surface area (Å²) in [6.07, 6.45) is 1.59. The summed E-state index contributed by atoms with van der Waals surface area (Å²) in [4.78, 5) is 0.768. The molecule has 0 unspecified atom stereocenters. The molecule has 0 atom stereocenters. The fourth-order valence-corrected chi connectivity index (χ4v) is 1.51. The summed E-state index contributed by atoms with van der Waals surface area (Å²) in [6, 6.07) is 3.90. The van der Waals surface area contributed by atoms with E-state index in [0.29, 0.717) is 11.1 Å². The van der Waals surface area contributed by atoms with Gasteiger partial charge in [-0.2, -0.15) is 10.5 Å². The van der Waals surface area contributed by atoms with Crippen molar-refractivity contribution >= 4 is 17.4 Å². The van der Waals surface area contributed by atoms with Gasteiger partial charge in [0.2, 0.25) is 0 Å². The van der Waals surface area contributed by atoms with Crippen LogP contribution in [-0.4, -0.2) is 0 Å². The maximum absolute atomic E-state index is 8.61. The second-order valence-electron chi connectivity index (χ2n) is 1.82. The Labute approximate surface area is 68.6 Å². The van der Waals surface area contributed by atoms with Gasteiger partial charge in [-0.3, -0.25) is 0 Å². The van der Waals surface area contributed by atoms with Gasteiger partial charge >= 0.3 is 0 Å². The standard InChI is InChI=1S/C8H4N2S/c1-2-8-7(4-10)6(3-9)5-11-8/h2,5H,1H2. The van der Waals surface area contributed by atoms with E-state index in [1.807, 2.05) is 12.1 Å². The first kappa shape index (κ1) is 7.53. The minimum absolute atomic E-state index is 0.437. The lowest BCUT2D eigenvalue weighted by Crippen LogP contribution is -1.76. The molecule has 0 fully saturated rings. The van der Waals surface area contributed by atoms with Crippen LogP contribution < -0.4 is 0 Å². The van der Waals surface area contributed by atoms with Crippen LogP contribution >= 0.6 is 11.3 Å². The van der Waals surface area contributed by atoms with E-state index in [0.717, 1.165) is 4.88 Å². The van der Waals surface area contributed by atoms with Crippen LogP contribution in [0.3, 0.4) is 0 Å². The molecule has 0 bridgehead atoms. The zero-order valence-electron chi connectivity index (χ0n) is 5.66. The molecular formula is C8H4N2S. The molecule has 11 heavy (non-hydrogen) atoms. The van der Waals surface area contributed by atoms with Crippen LogP contribution in [0.15, 0.2) is 12.0 Å². The second-order valence-corrected chi connectivity index (χ2v) is 2.73. The predicted molar refractivity (Wildman–Crippen MR) is 43.8 cm³/mol. The van der Waals surface area contributed by atoms with Gasteiger partial charge in [0, 0.05) is 10.3 Å². The van der Waals surface area contributed by atoms with E-state index in [1.54, 1.807) is 11.5 Å². The maximum atomic E-state index is 8.61. The van der Waals surface area contributed by atoms with Crippen molar-refractivity contribution in [3.8, 4) is 12.1 Å². The van der Waals surface area contributed by atoms with Crippen molar-refractivity contribution in [1.82, 2.24) is 0 Å². The van der Waals surface area contributed by atoms with Gasteiger partial charge in [-0.1, -0.05) is 12.7 Å². The van der Waals surface area contributed by atoms with Crippen molar-refractivity contribution in [3.63, 3.8) is 0 Å². The van der Waals surface area contributed by atoms with Crippen molar-refractivity contribution in [1.29, 1.82) is 10.5 Å². The van der Waals surface area contributed by atoms with E-state index >= 15 is 0 Å². The summed E-state index contributed by atoms with van der Waals surface area (Å²) in [5.41, 5.74) is 0.875. The molecule has 0 aliphatic rings. The first-order valence-electron chi connectivity index (χ1n) is 2.87. The lowest BCUT2D eigenvalue weighted by molar-refractivity contribution is 1.46. The number of nitrogens with zero attached hydrogens (tertiary/aromatic N) is 2. The molecule has 1 aromatic rings. The molecule has 0 saturated carbocycles. The van der Waals surface area contributed by atoms with E-state index in [9.17, 15) is 0 Å². The summed E-state index contributed by atoms with van der Waals surface area (Å²) in [6.45, 7) is 3.54. The molecule has 0 aromatic carbocycles. The lowest BCUT2D eigenvalue weighted by atomic mass is 10.2. The van der Waals surface area contributed by atoms with Crippen LogP contribution in [0, 0.1) is 22.7 Å². The summed E-state index contributed by atoms with van der Waals surface area (Å²) in [7, 11) is 0. The van der Waals surface area contributed by atoms with Crippen LogP contribution in [0.2, 0.25) is 0 Å². The maximum Gasteiger partial charge on any atom is 0.102 e. The molecule has 0 amide bonds. The minimum atomic E-state index is 0.437. The van der Waals surface area contributed by atoms with Gasteiger partial charge in [0.15, 0.2) is 0 Å². The number of hydrogen-bond donors (Lipinski definition) is 0. The molecule has 52 valence electrons. The third-order valence-electron chi connectivity index (χ3n) is 1.24. The molecule has 0 N–H and O–H groups in total. The average Bonchev–Trinajstić information content (AvgIpc) is 2.45. The van der Waals surface area contributed by atoms with Crippen molar-refractivity contribution < 1.29 is 0 Å². The van der Waals surface area contributed by atoms with Crippen LogP contribution in [0.1, 0.15) is 16.0 Å². The Morgan fingerprint density at radius 1 is 1.45 bits per heavy atom. The Morgan fingerprint density at radius 2 is 2.18 bits per heavy atom. The van der Waals surface area contributed by atoms with Gasteiger partial charge < -0.3 is 0 Å². The van der Waals surface area contributed by atoms with Gasteiger partial charge in [0.25, 0.3) is 0 Å². The number of hydrogen-bond acceptors (Lipinski definition) is 3. The monoisotopic (exact) mass is 160 g/mol. The minimum Gasteiger partial charge on any atom is -0.192 e. The summed E-state index contributed by atoms with van der Waals surface area (Å²) in [5.74, 6) is 0. The lowest BCUT2D eigenvalue weighted by Gasteiger charge is -1.83. The van der Waals surface area contributed by atoms with Crippen LogP contribution in [0.25, 0.3) is 6.08 Å². The van der Waals surface area contributed by atoms with E-state index in [2.05, 4.69) is 6.58 Å². The third kappa shape index (κ3) is 1.14. The highest BCUT2D eigenvalue weighted by molar-refractivity contribution is 7.11. The molecule has 0 radical (unpaired) electrons. The van der Waals surface area contributed by atoms with Crippen LogP contribution in [-0.2, 0) is 0 Å². The molecule has 0 saturated heterocycles. The molecule has 1 heterocycles. The molecular weight excluding hydrogens is 156 g/mol. The van der Waals surface area contributed by atoms with Crippen LogP contribution in [0.5, 0.6) is 0 Å². The third-order valence-corrected chi connectivity index (χ3v) is 2.22. The first-order chi connectivity index (χ1) is 5.33. The molecule has 3 heteroatoms. The number of thiophene rings is 1. The average molecular weight is 160 g/mol. The Hall–Kier alpha value is -1.58. The second kappa shape index (κ2) is 3.01. The van der Waals surface area contributed by atoms with E-state index < -0.39 is 0 Å². The van der Waals surface area contributed by atoms with Gasteiger partial charge in [0.05, 0.1) is 11.1 Å². The zero-order valence-corrected chi connectivity index (χ0v) is 6.48. The predicted octanol–water partition coefficient (Wildman–Crippen LogP) is 2.13. The van der Waals surface area contributed by atoms with Gasteiger partial charge in [-0.15, -0.1) is 11.3 Å². The molecule has 1 rings (SSSR count). The van der Waals surface area contributed by atoms with Gasteiger partial charge in [-0.25, -0.2) is 0 Å². The smallest absolute Gasteiger partial charge is 0.102 e. The fourth-order valence-electron chi connectivity index (χ4n) is 0.721. The molecule has 2 nitrogen and oxygen atoms in total. The highest BCUT2D eigenvalue weighted by Gasteiger charge is 2.06. The Bertz CT molecular complexity index is 362. The van der Waals surface area contributed by atoms with E-state index in [-0.39, 0.29) is 0 Å². The SMILES string of the molecule is C=Cc1scc(C#N)c1C#N. The fraction of sp³-hybridized carbons (Fsp3) is 0. The van der Waals surface area contributed by atoms with Crippen molar-refractivity contribution in [3.05, 3.63) is 28.0 Å². The normalized spacial score (nSPS) is 8.18. The van der Waals surface area contributed by atoms with E-state index in [4.69, 9.17) is 10.5 Å². The molecule has 0 aliphatic carbocycles. The van der Waals surface area contributed by atoms with Gasteiger partial charge in [0.1, 0.15) is 12.1 Å². The largest absolute Gasteiger partial charge is 0.192 e. The Balaban J connectivity index is 3.37. The molecule has 0 aliphatic heterocycles. The quantitative estimate of drug-likeness (QED) is 0.631. The number of nitriles is 2. The van der Waals surface area contributed by atoms with Crippen molar-refractivity contribution in [2.45, 2.75) is 0 Å². The van der Waals surface area contributed by atoms with Crippen LogP contribution in [0.4, 0.5) is 0 Å². The van der Waals surface area contributed by atoms with E-state index in [1.165, 1.54) is 11.3 Å². The molecule has 0 spiro atoms. The summed E-state index contributed by atoms with van der Waals surface area (Å²) >= 11 is 1.36.